The molecule has 1 aromatic rings. The molecular weight excluding hydrogens is 236 g/mol. The first-order valence-electron chi connectivity index (χ1n) is 4.93. The molecule has 1 unspecified atom stereocenters. The minimum Gasteiger partial charge on any atom is -0.394 e. The van der Waals surface area contributed by atoms with Crippen molar-refractivity contribution in [2.45, 2.75) is 24.7 Å². The summed E-state index contributed by atoms with van der Waals surface area (Å²) in [6.45, 7) is -0.525. The number of nitrogen functional groups attached to an aromatic ring is 1. The van der Waals surface area contributed by atoms with Gasteiger partial charge < -0.3 is 15.6 Å². The largest absolute Gasteiger partial charge is 0.394 e. The summed E-state index contributed by atoms with van der Waals surface area (Å²) < 4.78 is 32.7. The molecule has 1 saturated heterocycles. The fourth-order valence-electron chi connectivity index (χ4n) is 1.72. The maximum Gasteiger partial charge on any atom is 0.351 e. The number of aromatic nitrogens is 2. The van der Waals surface area contributed by atoms with Gasteiger partial charge >= 0.3 is 5.69 Å². The molecular formula is C9H11F2N3O3. The van der Waals surface area contributed by atoms with Crippen molar-refractivity contribution in [1.82, 2.24) is 9.55 Å². The van der Waals surface area contributed by atoms with Crippen LogP contribution in [0.25, 0.3) is 0 Å². The Bertz CT molecular complexity index is 477. The molecule has 2 heterocycles. The Morgan fingerprint density at radius 3 is 2.94 bits per heavy atom. The van der Waals surface area contributed by atoms with Crippen LogP contribution in [0.3, 0.4) is 0 Å². The smallest absolute Gasteiger partial charge is 0.351 e. The van der Waals surface area contributed by atoms with Crippen LogP contribution >= 0.6 is 0 Å². The van der Waals surface area contributed by atoms with Gasteiger partial charge in [-0.15, -0.1) is 0 Å². The summed E-state index contributed by atoms with van der Waals surface area (Å²) in [5, 5.41) is 8.80. The van der Waals surface area contributed by atoms with Gasteiger partial charge in [-0.3, -0.25) is 4.57 Å². The Labute approximate surface area is 94.6 Å². The van der Waals surface area contributed by atoms with Crippen molar-refractivity contribution in [2.75, 3.05) is 12.3 Å². The first kappa shape index (κ1) is 11.9. The van der Waals surface area contributed by atoms with Crippen LogP contribution in [0, 0.1) is 0 Å². The molecule has 0 amide bonds. The number of hydrogen-bond donors (Lipinski definition) is 2. The highest BCUT2D eigenvalue weighted by molar-refractivity contribution is 5.23. The monoisotopic (exact) mass is 247 g/mol. The van der Waals surface area contributed by atoms with E-state index >= 15 is 0 Å². The van der Waals surface area contributed by atoms with E-state index in [1.807, 2.05) is 0 Å². The lowest BCUT2D eigenvalue weighted by molar-refractivity contribution is -0.120. The lowest BCUT2D eigenvalue weighted by Crippen LogP contribution is -2.35. The number of hydrogen-bond acceptors (Lipinski definition) is 5. The summed E-state index contributed by atoms with van der Waals surface area (Å²) in [6.07, 6.45) is -2.27. The number of halogens is 2. The van der Waals surface area contributed by atoms with Gasteiger partial charge in [-0.1, -0.05) is 0 Å². The van der Waals surface area contributed by atoms with Gasteiger partial charge in [-0.25, -0.2) is 13.6 Å². The van der Waals surface area contributed by atoms with E-state index in [0.717, 1.165) is 6.20 Å². The maximum absolute atomic E-state index is 13.6. The summed E-state index contributed by atoms with van der Waals surface area (Å²) >= 11 is 0. The fourth-order valence-corrected chi connectivity index (χ4v) is 1.72. The first-order chi connectivity index (χ1) is 7.94. The Balaban J connectivity index is 2.37. The van der Waals surface area contributed by atoms with Crippen LogP contribution in [-0.4, -0.2) is 33.3 Å². The second-order valence-corrected chi connectivity index (χ2v) is 3.80. The van der Waals surface area contributed by atoms with Crippen LogP contribution in [0.2, 0.25) is 0 Å². The van der Waals surface area contributed by atoms with E-state index in [0.29, 0.717) is 4.57 Å². The summed E-state index contributed by atoms with van der Waals surface area (Å²) in [6, 6.07) is 1.23. The zero-order valence-electron chi connectivity index (χ0n) is 8.72. The normalized spacial score (nSPS) is 27.2. The third kappa shape index (κ3) is 2.13. The second kappa shape index (κ2) is 4.04. The average molecular weight is 247 g/mol. The quantitative estimate of drug-likeness (QED) is 0.751. The molecule has 1 fully saturated rings. The van der Waals surface area contributed by atoms with Gasteiger partial charge in [-0.2, -0.15) is 4.98 Å². The predicted molar refractivity (Wildman–Crippen MR) is 53.5 cm³/mol. The second-order valence-electron chi connectivity index (χ2n) is 3.80. The Morgan fingerprint density at radius 2 is 2.41 bits per heavy atom. The lowest BCUT2D eigenvalue weighted by atomic mass is 10.2. The molecule has 6 nitrogen and oxygen atoms in total. The van der Waals surface area contributed by atoms with Crippen molar-refractivity contribution in [1.29, 1.82) is 0 Å². The summed E-state index contributed by atoms with van der Waals surface area (Å²) in [5.74, 6) is -3.28. The lowest BCUT2D eigenvalue weighted by Gasteiger charge is -2.19. The third-order valence-corrected chi connectivity index (χ3v) is 2.49. The minimum absolute atomic E-state index is 0.0497. The molecule has 3 N–H and O–H groups in total. The van der Waals surface area contributed by atoms with E-state index in [2.05, 4.69) is 4.98 Å². The molecule has 17 heavy (non-hydrogen) atoms. The van der Waals surface area contributed by atoms with Crippen molar-refractivity contribution < 1.29 is 18.6 Å². The minimum atomic E-state index is -3.23. The van der Waals surface area contributed by atoms with Crippen LogP contribution in [0.1, 0.15) is 12.6 Å². The molecule has 94 valence electrons. The van der Waals surface area contributed by atoms with Crippen molar-refractivity contribution in [3.63, 3.8) is 0 Å². The zero-order valence-corrected chi connectivity index (χ0v) is 8.72. The fraction of sp³-hybridized carbons (Fsp3) is 0.556. The van der Waals surface area contributed by atoms with Crippen LogP contribution in [0.4, 0.5) is 14.6 Å². The summed E-state index contributed by atoms with van der Waals surface area (Å²) in [4.78, 5) is 14.7. The van der Waals surface area contributed by atoms with E-state index in [1.54, 1.807) is 0 Å². The molecule has 2 rings (SSSR count). The zero-order chi connectivity index (χ0) is 12.6. The topological polar surface area (TPSA) is 90.4 Å². The molecule has 1 aliphatic rings. The maximum atomic E-state index is 13.6. The van der Waals surface area contributed by atoms with E-state index in [9.17, 15) is 13.6 Å². The Hall–Kier alpha value is -1.54. The number of nitrogens with zero attached hydrogens (tertiary/aromatic N) is 2. The van der Waals surface area contributed by atoms with Crippen LogP contribution < -0.4 is 11.4 Å². The van der Waals surface area contributed by atoms with Crippen molar-refractivity contribution in [3.8, 4) is 0 Å². The first-order valence-corrected chi connectivity index (χ1v) is 4.93. The van der Waals surface area contributed by atoms with E-state index in [1.165, 1.54) is 6.07 Å². The number of rotatable bonds is 2. The third-order valence-electron chi connectivity index (χ3n) is 2.49. The predicted octanol–water partition coefficient (Wildman–Crippen LogP) is -0.259. The standard InChI is InChI=1S/C9H11F2N3O3/c10-9(11)3-5(4-15)17-7(9)14-2-1-6(12)13-8(14)16/h1-2,5,7,15H,3-4H2,(H2,12,13,16)/t5-,7?/m0/s1. The van der Waals surface area contributed by atoms with Crippen LogP contribution in [0.5, 0.6) is 0 Å². The molecule has 0 saturated carbocycles. The van der Waals surface area contributed by atoms with Crippen molar-refractivity contribution >= 4 is 5.82 Å². The van der Waals surface area contributed by atoms with Crippen LogP contribution in [0.15, 0.2) is 17.1 Å². The van der Waals surface area contributed by atoms with Crippen molar-refractivity contribution in [2.24, 2.45) is 0 Å². The Kier molecular flexibility index (Phi) is 2.84. The molecule has 0 aromatic carbocycles. The van der Waals surface area contributed by atoms with Crippen molar-refractivity contribution in [3.05, 3.63) is 22.7 Å². The molecule has 8 heteroatoms. The van der Waals surface area contributed by atoms with Gasteiger partial charge in [0.2, 0.25) is 6.23 Å². The average Bonchev–Trinajstić information content (AvgIpc) is 2.54. The number of aliphatic hydroxyl groups is 1. The Morgan fingerprint density at radius 1 is 1.71 bits per heavy atom. The molecule has 2 atom stereocenters. The van der Waals surface area contributed by atoms with E-state index < -0.39 is 37.0 Å². The summed E-state index contributed by atoms with van der Waals surface area (Å²) in [7, 11) is 0. The summed E-state index contributed by atoms with van der Waals surface area (Å²) in [5.41, 5.74) is 4.35. The number of aliphatic hydroxyl groups excluding tert-OH is 1. The number of nitrogens with two attached hydrogens (primary N) is 1. The molecule has 0 bridgehead atoms. The molecule has 0 aliphatic carbocycles. The van der Waals surface area contributed by atoms with Gasteiger partial charge in [0.1, 0.15) is 5.82 Å². The van der Waals surface area contributed by atoms with Gasteiger partial charge in [-0.05, 0) is 6.07 Å². The number of anilines is 1. The SMILES string of the molecule is Nc1ccn(C2O[C@H](CO)CC2(F)F)c(=O)n1. The highest BCUT2D eigenvalue weighted by atomic mass is 19.3. The molecule has 1 aliphatic heterocycles. The van der Waals surface area contributed by atoms with Gasteiger partial charge in [0.15, 0.2) is 0 Å². The highest BCUT2D eigenvalue weighted by Crippen LogP contribution is 2.41. The van der Waals surface area contributed by atoms with E-state index in [-0.39, 0.29) is 5.82 Å². The highest BCUT2D eigenvalue weighted by Gasteiger charge is 2.51. The number of alkyl halides is 2. The van der Waals surface area contributed by atoms with Gasteiger partial charge in [0.05, 0.1) is 12.7 Å². The van der Waals surface area contributed by atoms with E-state index in [4.69, 9.17) is 15.6 Å². The van der Waals surface area contributed by atoms with Gasteiger partial charge in [0, 0.05) is 12.6 Å². The molecule has 1 aromatic heterocycles. The van der Waals surface area contributed by atoms with Crippen LogP contribution in [-0.2, 0) is 4.74 Å². The number of ether oxygens (including phenoxy) is 1. The molecule has 0 radical (unpaired) electrons. The molecule has 0 spiro atoms. The van der Waals surface area contributed by atoms with Gasteiger partial charge in [0.25, 0.3) is 5.92 Å².